The number of hydrogen-bond acceptors (Lipinski definition) is 2. The summed E-state index contributed by atoms with van der Waals surface area (Å²) in [5.74, 6) is -0.111. The highest BCUT2D eigenvalue weighted by Crippen LogP contribution is 2.45. The molecular weight excluding hydrogens is 348 g/mol. The zero-order chi connectivity index (χ0) is 19.6. The Kier molecular flexibility index (Phi) is 5.71. The van der Waals surface area contributed by atoms with Crippen LogP contribution in [-0.2, 0) is 9.53 Å². The van der Waals surface area contributed by atoms with E-state index < -0.39 is 8.80 Å². The van der Waals surface area contributed by atoms with E-state index >= 15 is 0 Å². The molecule has 2 aromatic carbocycles. The van der Waals surface area contributed by atoms with Gasteiger partial charge in [0.25, 0.3) is 0 Å². The number of benzene rings is 2. The summed E-state index contributed by atoms with van der Waals surface area (Å²) in [6, 6.07) is 16.9. The lowest BCUT2D eigenvalue weighted by Crippen LogP contribution is -2.36. The second-order valence-corrected chi connectivity index (χ2v) is 11.4. The average Bonchev–Trinajstić information content (AvgIpc) is 2.98. The van der Waals surface area contributed by atoms with Gasteiger partial charge in [-0.15, -0.1) is 6.58 Å². The number of carbonyl (C=O) groups is 1. The summed E-state index contributed by atoms with van der Waals surface area (Å²) < 4.78 is 5.92. The van der Waals surface area contributed by atoms with Gasteiger partial charge in [-0.1, -0.05) is 81.5 Å². The first-order valence-corrected chi connectivity index (χ1v) is 12.1. The highest BCUT2D eigenvalue weighted by atomic mass is 28.3. The zero-order valence-corrected chi connectivity index (χ0v) is 17.8. The molecule has 0 aliphatic heterocycles. The minimum Gasteiger partial charge on any atom is -0.464 e. The van der Waals surface area contributed by atoms with Crippen LogP contribution in [0.2, 0.25) is 18.1 Å². The van der Waals surface area contributed by atoms with Gasteiger partial charge in [-0.3, -0.25) is 4.79 Å². The van der Waals surface area contributed by atoms with Crippen molar-refractivity contribution in [1.82, 2.24) is 0 Å². The lowest BCUT2D eigenvalue weighted by molar-refractivity contribution is -0.150. The molecule has 1 aliphatic rings. The molecule has 0 heterocycles. The number of ether oxygens (including phenoxy) is 1. The van der Waals surface area contributed by atoms with Crippen molar-refractivity contribution in [3.05, 3.63) is 72.3 Å². The van der Waals surface area contributed by atoms with Crippen molar-refractivity contribution in [2.24, 2.45) is 5.92 Å². The van der Waals surface area contributed by atoms with Crippen LogP contribution in [0.4, 0.5) is 0 Å². The van der Waals surface area contributed by atoms with Gasteiger partial charge in [0.05, 0.1) is 5.92 Å². The molecule has 0 aromatic heterocycles. The van der Waals surface area contributed by atoms with Crippen molar-refractivity contribution in [3.8, 4) is 11.1 Å². The fourth-order valence-corrected chi connectivity index (χ4v) is 4.84. The van der Waals surface area contributed by atoms with Crippen molar-refractivity contribution in [2.45, 2.75) is 44.3 Å². The summed E-state index contributed by atoms with van der Waals surface area (Å²) in [4.78, 5) is 13.0. The first-order chi connectivity index (χ1) is 12.9. The lowest BCUT2D eigenvalue weighted by Gasteiger charge is -2.35. The van der Waals surface area contributed by atoms with Crippen LogP contribution in [0, 0.1) is 5.92 Å². The van der Waals surface area contributed by atoms with Gasteiger partial charge in [-0.2, -0.15) is 0 Å². The Morgan fingerprint density at radius 3 is 2.11 bits per heavy atom. The monoisotopic (exact) mass is 377 g/mol. The molecule has 27 heavy (non-hydrogen) atoms. The van der Waals surface area contributed by atoms with E-state index in [0.717, 1.165) is 0 Å². The van der Waals surface area contributed by atoms with Crippen LogP contribution in [0.3, 0.4) is 0 Å². The number of carbonyl (C=O) groups excluding carboxylic acids is 1. The van der Waals surface area contributed by atoms with E-state index in [1.54, 1.807) is 0 Å². The third kappa shape index (κ3) is 3.66. The maximum atomic E-state index is 13.0. The standard InChI is InChI=1S/C24H29O2Si/c1-6-11-22(24(2,3)27(4)5)23(25)26-16-21-19-14-9-7-12-17(19)18-13-8-10-15-20(18)21/h6-10,12-15,21-22H,1,11,16H2,2-5H3. The number of allylic oxidation sites excluding steroid dienone is 1. The fraction of sp³-hybridized carbons (Fsp3) is 0.375. The maximum Gasteiger partial charge on any atom is 0.309 e. The molecule has 1 unspecified atom stereocenters. The number of fused-ring (bicyclic) bond motifs is 3. The van der Waals surface area contributed by atoms with Gasteiger partial charge in [-0.25, -0.2) is 0 Å². The maximum absolute atomic E-state index is 13.0. The van der Waals surface area contributed by atoms with E-state index in [9.17, 15) is 4.79 Å². The molecule has 0 saturated heterocycles. The Morgan fingerprint density at radius 2 is 1.63 bits per heavy atom. The minimum absolute atomic E-state index is 0.0402. The van der Waals surface area contributed by atoms with E-state index in [-0.39, 0.29) is 22.8 Å². The minimum atomic E-state index is -0.658. The second kappa shape index (κ2) is 7.85. The molecule has 3 rings (SSSR count). The van der Waals surface area contributed by atoms with Crippen molar-refractivity contribution < 1.29 is 9.53 Å². The molecule has 0 fully saturated rings. The molecule has 2 nitrogen and oxygen atoms in total. The van der Waals surface area contributed by atoms with Gasteiger partial charge in [0, 0.05) is 14.7 Å². The first kappa shape index (κ1) is 19.6. The predicted octanol–water partition coefficient (Wildman–Crippen LogP) is 6.07. The molecule has 0 saturated carbocycles. The van der Waals surface area contributed by atoms with E-state index in [1.807, 2.05) is 6.08 Å². The summed E-state index contributed by atoms with van der Waals surface area (Å²) in [5, 5.41) is -0.0402. The molecule has 0 spiro atoms. The summed E-state index contributed by atoms with van der Waals surface area (Å²) >= 11 is 0. The lowest BCUT2D eigenvalue weighted by atomic mass is 9.91. The molecule has 1 atom stereocenters. The summed E-state index contributed by atoms with van der Waals surface area (Å²) in [6.07, 6.45) is 2.51. The molecule has 2 aromatic rings. The van der Waals surface area contributed by atoms with Crippen molar-refractivity contribution >= 4 is 14.8 Å². The normalized spacial score (nSPS) is 14.6. The van der Waals surface area contributed by atoms with Gasteiger partial charge in [0.1, 0.15) is 6.61 Å². The van der Waals surface area contributed by atoms with Crippen molar-refractivity contribution in [2.75, 3.05) is 6.61 Å². The summed E-state index contributed by atoms with van der Waals surface area (Å²) in [6.45, 7) is 13.2. The van der Waals surface area contributed by atoms with Gasteiger partial charge in [0.15, 0.2) is 0 Å². The van der Waals surface area contributed by atoms with Crippen LogP contribution in [0.15, 0.2) is 61.2 Å². The van der Waals surface area contributed by atoms with Crippen LogP contribution >= 0.6 is 0 Å². The Balaban J connectivity index is 1.82. The number of rotatable bonds is 7. The molecule has 1 aliphatic carbocycles. The third-order valence-electron chi connectivity index (χ3n) is 6.20. The predicted molar refractivity (Wildman–Crippen MR) is 115 cm³/mol. The van der Waals surface area contributed by atoms with Crippen LogP contribution < -0.4 is 0 Å². The van der Waals surface area contributed by atoms with Crippen molar-refractivity contribution in [1.29, 1.82) is 0 Å². The Labute approximate surface area is 164 Å². The van der Waals surface area contributed by atoms with Crippen LogP contribution in [0.1, 0.15) is 37.3 Å². The topological polar surface area (TPSA) is 26.3 Å². The van der Waals surface area contributed by atoms with E-state index in [1.165, 1.54) is 22.3 Å². The van der Waals surface area contributed by atoms with Crippen LogP contribution in [0.25, 0.3) is 11.1 Å². The molecular formula is C24H29O2Si. The van der Waals surface area contributed by atoms with Gasteiger partial charge < -0.3 is 4.74 Å². The number of esters is 1. The summed E-state index contributed by atoms with van der Waals surface area (Å²) in [5.41, 5.74) is 5.01. The van der Waals surface area contributed by atoms with E-state index in [4.69, 9.17) is 4.74 Å². The smallest absolute Gasteiger partial charge is 0.309 e. The SMILES string of the molecule is C=CCC(C(=O)OCC1c2ccccc2-c2ccccc21)C(C)(C)[Si](C)C. The molecule has 0 amide bonds. The highest BCUT2D eigenvalue weighted by molar-refractivity contribution is 6.59. The fourth-order valence-electron chi connectivity index (χ4n) is 3.91. The van der Waals surface area contributed by atoms with Crippen molar-refractivity contribution in [3.63, 3.8) is 0 Å². The Morgan fingerprint density at radius 1 is 1.11 bits per heavy atom. The number of hydrogen-bond donors (Lipinski definition) is 0. The van der Waals surface area contributed by atoms with Crippen LogP contribution in [-0.4, -0.2) is 21.4 Å². The molecule has 0 N–H and O–H groups in total. The largest absolute Gasteiger partial charge is 0.464 e. The highest BCUT2D eigenvalue weighted by Gasteiger charge is 2.39. The molecule has 3 heteroatoms. The molecule has 0 bridgehead atoms. The van der Waals surface area contributed by atoms with Crippen LogP contribution in [0.5, 0.6) is 0 Å². The second-order valence-electron chi connectivity index (χ2n) is 8.16. The van der Waals surface area contributed by atoms with E-state index in [2.05, 4.69) is 82.1 Å². The van der Waals surface area contributed by atoms with E-state index in [0.29, 0.717) is 13.0 Å². The Hall–Kier alpha value is -2.13. The van der Waals surface area contributed by atoms with Gasteiger partial charge in [0.2, 0.25) is 0 Å². The summed E-state index contributed by atoms with van der Waals surface area (Å²) in [7, 11) is -0.658. The molecule has 141 valence electrons. The average molecular weight is 378 g/mol. The third-order valence-corrected chi connectivity index (χ3v) is 9.13. The first-order valence-electron chi connectivity index (χ1n) is 9.64. The quantitative estimate of drug-likeness (QED) is 0.332. The zero-order valence-electron chi connectivity index (χ0n) is 16.8. The molecule has 1 radical (unpaired) electrons. The van der Waals surface area contributed by atoms with Gasteiger partial charge in [-0.05, 0) is 33.7 Å². The Bertz CT molecular complexity index is 792. The van der Waals surface area contributed by atoms with Gasteiger partial charge >= 0.3 is 5.97 Å².